The van der Waals surface area contributed by atoms with Crippen molar-refractivity contribution in [1.82, 2.24) is 29.3 Å². The number of halogens is 3. The van der Waals surface area contributed by atoms with Crippen molar-refractivity contribution in [3.8, 4) is 0 Å². The number of nitrogens with zero attached hydrogens (tertiary/aromatic N) is 7. The molecule has 0 radical (unpaired) electrons. The summed E-state index contributed by atoms with van der Waals surface area (Å²) in [6.45, 7) is 3.80. The predicted molar refractivity (Wildman–Crippen MR) is 117 cm³/mol. The zero-order chi connectivity index (χ0) is 23.3. The highest BCUT2D eigenvalue weighted by molar-refractivity contribution is 5.89. The maximum absolute atomic E-state index is 12.7. The van der Waals surface area contributed by atoms with Crippen LogP contribution in [0.25, 0.3) is 11.0 Å². The quantitative estimate of drug-likeness (QED) is 0.480. The summed E-state index contributed by atoms with van der Waals surface area (Å²) in [4.78, 5) is 15.3. The van der Waals surface area contributed by atoms with Crippen molar-refractivity contribution in [2.24, 2.45) is 0 Å². The fourth-order valence-electron chi connectivity index (χ4n) is 4.47. The van der Waals surface area contributed by atoms with Crippen molar-refractivity contribution in [1.29, 1.82) is 0 Å². The van der Waals surface area contributed by atoms with E-state index in [2.05, 4.69) is 29.9 Å². The zero-order valence-corrected chi connectivity index (χ0v) is 18.0. The highest BCUT2D eigenvalue weighted by Gasteiger charge is 2.33. The number of rotatable bonds is 5. The van der Waals surface area contributed by atoms with Crippen LogP contribution in [0.15, 0.2) is 43.0 Å². The van der Waals surface area contributed by atoms with Gasteiger partial charge in [-0.2, -0.15) is 23.3 Å². The van der Waals surface area contributed by atoms with Crippen molar-refractivity contribution < 1.29 is 17.9 Å². The summed E-state index contributed by atoms with van der Waals surface area (Å²) in [7, 11) is 0. The van der Waals surface area contributed by atoms with Gasteiger partial charge < -0.3 is 19.5 Å². The Balaban J connectivity index is 1.16. The second-order valence-electron chi connectivity index (χ2n) is 8.44. The Labute approximate surface area is 192 Å². The number of pyridine rings is 1. The molecule has 0 bridgehead atoms. The van der Waals surface area contributed by atoms with Crippen LogP contribution in [0, 0.1) is 0 Å². The van der Waals surface area contributed by atoms with E-state index in [4.69, 9.17) is 9.72 Å². The Morgan fingerprint density at radius 3 is 2.85 bits per heavy atom. The molecule has 12 heteroatoms. The third-order valence-corrected chi connectivity index (χ3v) is 6.10. The first-order valence-corrected chi connectivity index (χ1v) is 10.9. The minimum Gasteiger partial charge on any atom is -0.377 e. The van der Waals surface area contributed by atoms with E-state index >= 15 is 0 Å². The zero-order valence-electron chi connectivity index (χ0n) is 18.0. The molecule has 1 atom stereocenters. The monoisotopic (exact) mass is 470 g/mol. The van der Waals surface area contributed by atoms with E-state index in [-0.39, 0.29) is 6.04 Å². The van der Waals surface area contributed by atoms with Crippen molar-refractivity contribution in [2.45, 2.75) is 31.9 Å². The number of fused-ring (bicyclic) bond motifs is 2. The molecule has 1 saturated heterocycles. The highest BCUT2D eigenvalue weighted by Crippen LogP contribution is 2.33. The van der Waals surface area contributed by atoms with E-state index in [0.29, 0.717) is 37.8 Å². The molecule has 1 fully saturated rings. The Hall–Kier alpha value is -3.67. The smallest absolute Gasteiger partial charge is 0.377 e. The van der Waals surface area contributed by atoms with Crippen molar-refractivity contribution >= 4 is 22.8 Å². The summed E-state index contributed by atoms with van der Waals surface area (Å²) in [6.07, 6.45) is 2.36. The highest BCUT2D eigenvalue weighted by atomic mass is 19.4. The van der Waals surface area contributed by atoms with Crippen LogP contribution in [-0.4, -0.2) is 55.1 Å². The third kappa shape index (κ3) is 3.83. The van der Waals surface area contributed by atoms with E-state index in [0.717, 1.165) is 41.6 Å². The molecule has 4 aromatic heterocycles. The predicted octanol–water partition coefficient (Wildman–Crippen LogP) is 2.92. The van der Waals surface area contributed by atoms with Gasteiger partial charge in [0.2, 0.25) is 5.95 Å². The van der Waals surface area contributed by atoms with Crippen LogP contribution in [-0.2, 0) is 30.5 Å². The van der Waals surface area contributed by atoms with Gasteiger partial charge in [-0.1, -0.05) is 6.07 Å². The molecule has 1 N–H and O–H groups in total. The molecule has 6 heterocycles. The molecular formula is C22H21F3N8O. The van der Waals surface area contributed by atoms with Crippen LogP contribution in [0.2, 0.25) is 0 Å². The fraction of sp³-hybridized carbons (Fsp3) is 0.364. The van der Waals surface area contributed by atoms with Gasteiger partial charge in [-0.05, 0) is 17.7 Å². The molecule has 176 valence electrons. The van der Waals surface area contributed by atoms with Gasteiger partial charge in [0.15, 0.2) is 5.82 Å². The summed E-state index contributed by atoms with van der Waals surface area (Å²) < 4.78 is 47.6. The Bertz CT molecular complexity index is 1330. The molecule has 34 heavy (non-hydrogen) atoms. The molecule has 2 aliphatic heterocycles. The van der Waals surface area contributed by atoms with E-state index in [1.54, 1.807) is 10.9 Å². The van der Waals surface area contributed by atoms with Gasteiger partial charge in [0.25, 0.3) is 0 Å². The number of hydrogen-bond acceptors (Lipinski definition) is 7. The van der Waals surface area contributed by atoms with Gasteiger partial charge in [0.1, 0.15) is 11.2 Å². The molecule has 0 aliphatic carbocycles. The summed E-state index contributed by atoms with van der Waals surface area (Å²) in [5, 5.41) is 7.58. The van der Waals surface area contributed by atoms with Gasteiger partial charge in [-0.25, -0.2) is 4.98 Å². The van der Waals surface area contributed by atoms with Crippen LogP contribution in [0.1, 0.15) is 16.8 Å². The summed E-state index contributed by atoms with van der Waals surface area (Å²) in [6, 6.07) is 4.65. The topological polar surface area (TPSA) is 85.9 Å². The standard InChI is InChI=1S/C22H21F3N8O/c23-22(24,25)18-2-1-14(7-26-18)10-32-11-15(9-28-32)8-27-21-29-17-3-4-31-12-16-13-34-6-5-33(16)20(30-21)19(17)31/h1-4,7,9,11,16H,5-6,8,10,12-13H2,(H,27,29,30)/t16-/m1/s1. The molecule has 0 unspecified atom stereocenters. The van der Waals surface area contributed by atoms with E-state index in [1.807, 2.05) is 18.5 Å². The molecule has 2 aliphatic rings. The normalized spacial score (nSPS) is 17.7. The van der Waals surface area contributed by atoms with E-state index in [1.165, 1.54) is 12.3 Å². The lowest BCUT2D eigenvalue weighted by Gasteiger charge is -2.40. The summed E-state index contributed by atoms with van der Waals surface area (Å²) in [5.41, 5.74) is 2.56. The largest absolute Gasteiger partial charge is 0.433 e. The van der Waals surface area contributed by atoms with Crippen LogP contribution >= 0.6 is 0 Å². The van der Waals surface area contributed by atoms with Gasteiger partial charge in [-0.3, -0.25) is 9.67 Å². The number of hydrogen-bond donors (Lipinski definition) is 1. The first kappa shape index (κ1) is 20.9. The van der Waals surface area contributed by atoms with Crippen LogP contribution in [0.4, 0.5) is 24.9 Å². The van der Waals surface area contributed by atoms with E-state index < -0.39 is 11.9 Å². The lowest BCUT2D eigenvalue weighted by molar-refractivity contribution is -0.141. The summed E-state index contributed by atoms with van der Waals surface area (Å²) >= 11 is 0. The Morgan fingerprint density at radius 1 is 1.12 bits per heavy atom. The number of alkyl halides is 3. The maximum atomic E-state index is 12.7. The number of anilines is 2. The lowest BCUT2D eigenvalue weighted by atomic mass is 10.1. The van der Waals surface area contributed by atoms with Gasteiger partial charge in [0, 0.05) is 43.8 Å². The maximum Gasteiger partial charge on any atom is 0.433 e. The third-order valence-electron chi connectivity index (χ3n) is 6.10. The van der Waals surface area contributed by atoms with E-state index in [9.17, 15) is 13.2 Å². The molecule has 0 amide bonds. The Kier molecular flexibility index (Phi) is 4.90. The van der Waals surface area contributed by atoms with Crippen LogP contribution in [0.5, 0.6) is 0 Å². The average Bonchev–Trinajstić information content (AvgIpc) is 3.45. The molecule has 0 saturated carbocycles. The molecule has 6 rings (SSSR count). The number of nitrogens with one attached hydrogen (secondary N) is 1. The second kappa shape index (κ2) is 7.97. The number of ether oxygens (including phenoxy) is 1. The first-order chi connectivity index (χ1) is 16.4. The number of morpholine rings is 1. The van der Waals surface area contributed by atoms with Crippen LogP contribution < -0.4 is 10.2 Å². The fourth-order valence-corrected chi connectivity index (χ4v) is 4.47. The van der Waals surface area contributed by atoms with Gasteiger partial charge in [-0.15, -0.1) is 0 Å². The summed E-state index contributed by atoms with van der Waals surface area (Å²) in [5.74, 6) is 1.45. The second-order valence-corrected chi connectivity index (χ2v) is 8.44. The minimum absolute atomic E-state index is 0.262. The van der Waals surface area contributed by atoms with Crippen LogP contribution in [0.3, 0.4) is 0 Å². The van der Waals surface area contributed by atoms with Gasteiger partial charge in [0.05, 0.1) is 37.5 Å². The van der Waals surface area contributed by atoms with Crippen molar-refractivity contribution in [2.75, 3.05) is 30.0 Å². The SMILES string of the molecule is FC(F)(F)c1ccc(Cn2cc(CNc3nc4c5c(ccn5C[C@@H]5COCCN45)n3)cn2)cn1. The molecule has 0 spiro atoms. The lowest BCUT2D eigenvalue weighted by Crippen LogP contribution is -2.50. The number of aromatic nitrogens is 6. The van der Waals surface area contributed by atoms with Crippen molar-refractivity contribution in [3.63, 3.8) is 0 Å². The van der Waals surface area contributed by atoms with Gasteiger partial charge >= 0.3 is 6.18 Å². The minimum atomic E-state index is -4.45. The molecular weight excluding hydrogens is 449 g/mol. The first-order valence-electron chi connectivity index (χ1n) is 10.9. The Morgan fingerprint density at radius 2 is 2.03 bits per heavy atom. The molecule has 0 aromatic carbocycles. The molecule has 9 nitrogen and oxygen atoms in total. The molecule has 4 aromatic rings. The average molecular weight is 470 g/mol. The van der Waals surface area contributed by atoms with Crippen molar-refractivity contribution in [3.05, 3.63) is 59.8 Å².